The summed E-state index contributed by atoms with van der Waals surface area (Å²) in [5.74, 6) is 0. The Balaban J connectivity index is 2.46. The van der Waals surface area contributed by atoms with Crippen molar-refractivity contribution in [3.63, 3.8) is 0 Å². The Labute approximate surface area is 91.3 Å². The van der Waals surface area contributed by atoms with Crippen molar-refractivity contribution in [2.75, 3.05) is 6.61 Å². The predicted molar refractivity (Wildman–Crippen MR) is 60.6 cm³/mol. The lowest BCUT2D eigenvalue weighted by Gasteiger charge is -2.15. The Hall–Kier alpha value is -0.870. The Morgan fingerprint density at radius 3 is 2.80 bits per heavy atom. The summed E-state index contributed by atoms with van der Waals surface area (Å²) in [6.07, 6.45) is 4.53. The Morgan fingerprint density at radius 1 is 1.47 bits per heavy atom. The van der Waals surface area contributed by atoms with Crippen LogP contribution in [0.3, 0.4) is 0 Å². The number of hydrogen-bond acceptors (Lipinski definition) is 3. The Kier molecular flexibility index (Phi) is 4.78. The number of nitrogens with one attached hydrogen (secondary N) is 1. The van der Waals surface area contributed by atoms with Crippen LogP contribution < -0.4 is 5.32 Å². The van der Waals surface area contributed by atoms with Crippen LogP contribution in [0.1, 0.15) is 38.9 Å². The standard InChI is InChI=1S/C11H21N3O/c1-9(2)14-8-12-6-11(14)7-13-10(3)4-5-15/h6,8-10,13,15H,4-5,7H2,1-3H3. The summed E-state index contributed by atoms with van der Waals surface area (Å²) < 4.78 is 2.15. The molecule has 0 aliphatic carbocycles. The molecule has 1 atom stereocenters. The molecule has 2 N–H and O–H groups in total. The molecule has 0 saturated heterocycles. The van der Waals surface area contributed by atoms with Crippen molar-refractivity contribution < 1.29 is 5.11 Å². The second-order valence-corrected chi connectivity index (χ2v) is 4.18. The lowest BCUT2D eigenvalue weighted by Crippen LogP contribution is -2.27. The summed E-state index contributed by atoms with van der Waals surface area (Å²) in [7, 11) is 0. The number of aromatic nitrogens is 2. The van der Waals surface area contributed by atoms with Crippen LogP contribution in [-0.4, -0.2) is 27.3 Å². The maximum Gasteiger partial charge on any atom is 0.0951 e. The smallest absolute Gasteiger partial charge is 0.0951 e. The molecule has 1 rings (SSSR count). The number of hydrogen-bond donors (Lipinski definition) is 2. The molecule has 4 heteroatoms. The van der Waals surface area contributed by atoms with E-state index < -0.39 is 0 Å². The number of imidazole rings is 1. The van der Waals surface area contributed by atoms with E-state index in [1.807, 2.05) is 12.5 Å². The van der Waals surface area contributed by atoms with Crippen molar-refractivity contribution in [1.29, 1.82) is 0 Å². The summed E-state index contributed by atoms with van der Waals surface area (Å²) >= 11 is 0. The first kappa shape index (κ1) is 12.2. The van der Waals surface area contributed by atoms with E-state index in [4.69, 9.17) is 5.11 Å². The van der Waals surface area contributed by atoms with Gasteiger partial charge in [-0.05, 0) is 27.2 Å². The maximum atomic E-state index is 8.78. The fraction of sp³-hybridized carbons (Fsp3) is 0.727. The van der Waals surface area contributed by atoms with Crippen LogP contribution in [-0.2, 0) is 6.54 Å². The minimum absolute atomic E-state index is 0.234. The molecular formula is C11H21N3O. The minimum Gasteiger partial charge on any atom is -0.396 e. The third kappa shape index (κ3) is 3.64. The van der Waals surface area contributed by atoms with Crippen molar-refractivity contribution in [2.24, 2.45) is 0 Å². The molecule has 1 aromatic rings. The van der Waals surface area contributed by atoms with E-state index in [-0.39, 0.29) is 6.61 Å². The average molecular weight is 211 g/mol. The van der Waals surface area contributed by atoms with Crippen LogP contribution in [0.5, 0.6) is 0 Å². The highest BCUT2D eigenvalue weighted by Gasteiger charge is 2.06. The van der Waals surface area contributed by atoms with Crippen LogP contribution in [0, 0.1) is 0 Å². The Bertz CT molecular complexity index is 283. The molecule has 0 spiro atoms. The van der Waals surface area contributed by atoms with Crippen LogP contribution in [0.25, 0.3) is 0 Å². The van der Waals surface area contributed by atoms with Crippen molar-refractivity contribution in [2.45, 2.75) is 45.8 Å². The normalized spacial score (nSPS) is 13.4. The quantitative estimate of drug-likeness (QED) is 0.746. The fourth-order valence-corrected chi connectivity index (χ4v) is 1.51. The summed E-state index contributed by atoms with van der Waals surface area (Å²) in [5.41, 5.74) is 1.19. The monoisotopic (exact) mass is 211 g/mol. The van der Waals surface area contributed by atoms with Gasteiger partial charge in [0, 0.05) is 31.4 Å². The predicted octanol–water partition coefficient (Wildman–Crippen LogP) is 1.32. The van der Waals surface area contributed by atoms with Gasteiger partial charge in [-0.2, -0.15) is 0 Å². The number of rotatable bonds is 6. The third-order valence-electron chi connectivity index (χ3n) is 2.50. The van der Waals surface area contributed by atoms with Crippen molar-refractivity contribution >= 4 is 0 Å². The molecule has 0 radical (unpaired) electrons. The van der Waals surface area contributed by atoms with Crippen LogP contribution in [0.2, 0.25) is 0 Å². The van der Waals surface area contributed by atoms with E-state index >= 15 is 0 Å². The number of aliphatic hydroxyl groups excluding tert-OH is 1. The first-order valence-electron chi connectivity index (χ1n) is 5.50. The van der Waals surface area contributed by atoms with Gasteiger partial charge in [-0.3, -0.25) is 0 Å². The number of nitrogens with zero attached hydrogens (tertiary/aromatic N) is 2. The molecule has 0 aromatic carbocycles. The second-order valence-electron chi connectivity index (χ2n) is 4.18. The second kappa shape index (κ2) is 5.88. The summed E-state index contributed by atoms with van der Waals surface area (Å²) in [6, 6.07) is 0.781. The molecule has 0 bridgehead atoms. The van der Waals surface area contributed by atoms with Gasteiger partial charge in [-0.25, -0.2) is 4.98 Å². The van der Waals surface area contributed by atoms with E-state index in [1.54, 1.807) is 0 Å². The minimum atomic E-state index is 0.234. The molecule has 15 heavy (non-hydrogen) atoms. The first-order chi connectivity index (χ1) is 7.15. The van der Waals surface area contributed by atoms with E-state index in [2.05, 4.69) is 35.6 Å². The van der Waals surface area contributed by atoms with Gasteiger partial charge in [-0.15, -0.1) is 0 Å². The molecule has 4 nitrogen and oxygen atoms in total. The molecule has 0 amide bonds. The molecule has 1 aromatic heterocycles. The average Bonchev–Trinajstić information content (AvgIpc) is 2.63. The van der Waals surface area contributed by atoms with E-state index in [0.717, 1.165) is 13.0 Å². The third-order valence-corrected chi connectivity index (χ3v) is 2.50. The summed E-state index contributed by atoms with van der Waals surface area (Å²) in [6.45, 7) is 7.40. The van der Waals surface area contributed by atoms with Crippen molar-refractivity contribution in [3.8, 4) is 0 Å². The molecule has 1 heterocycles. The van der Waals surface area contributed by atoms with Gasteiger partial charge in [0.15, 0.2) is 0 Å². The highest BCUT2D eigenvalue weighted by atomic mass is 16.3. The molecular weight excluding hydrogens is 190 g/mol. The van der Waals surface area contributed by atoms with Gasteiger partial charge in [0.1, 0.15) is 0 Å². The first-order valence-corrected chi connectivity index (χ1v) is 5.50. The molecule has 0 saturated carbocycles. The van der Waals surface area contributed by atoms with Gasteiger partial charge >= 0.3 is 0 Å². The van der Waals surface area contributed by atoms with Gasteiger partial charge in [-0.1, -0.05) is 0 Å². The van der Waals surface area contributed by atoms with Crippen LogP contribution >= 0.6 is 0 Å². The number of aliphatic hydroxyl groups is 1. The molecule has 1 unspecified atom stereocenters. The van der Waals surface area contributed by atoms with E-state index in [9.17, 15) is 0 Å². The molecule has 0 fully saturated rings. The van der Waals surface area contributed by atoms with Gasteiger partial charge in [0.25, 0.3) is 0 Å². The lowest BCUT2D eigenvalue weighted by molar-refractivity contribution is 0.268. The molecule has 0 aliphatic heterocycles. The fourth-order valence-electron chi connectivity index (χ4n) is 1.51. The zero-order valence-corrected chi connectivity index (χ0v) is 9.77. The van der Waals surface area contributed by atoms with Gasteiger partial charge in [0.05, 0.1) is 12.0 Å². The Morgan fingerprint density at radius 2 is 2.20 bits per heavy atom. The zero-order valence-electron chi connectivity index (χ0n) is 9.77. The SMILES string of the molecule is CC(CCO)NCc1cncn1C(C)C. The summed E-state index contributed by atoms with van der Waals surface area (Å²) in [5, 5.41) is 12.1. The highest BCUT2D eigenvalue weighted by Crippen LogP contribution is 2.08. The van der Waals surface area contributed by atoms with Gasteiger partial charge in [0.2, 0.25) is 0 Å². The summed E-state index contributed by atoms with van der Waals surface area (Å²) in [4.78, 5) is 4.14. The lowest BCUT2D eigenvalue weighted by atomic mass is 10.2. The van der Waals surface area contributed by atoms with Crippen LogP contribution in [0.15, 0.2) is 12.5 Å². The highest BCUT2D eigenvalue weighted by molar-refractivity contribution is 4.99. The topological polar surface area (TPSA) is 50.1 Å². The largest absolute Gasteiger partial charge is 0.396 e. The maximum absolute atomic E-state index is 8.78. The zero-order chi connectivity index (χ0) is 11.3. The van der Waals surface area contributed by atoms with E-state index in [1.165, 1.54) is 5.69 Å². The molecule has 0 aliphatic rings. The van der Waals surface area contributed by atoms with Crippen LogP contribution in [0.4, 0.5) is 0 Å². The van der Waals surface area contributed by atoms with Gasteiger partial charge < -0.3 is 15.0 Å². The van der Waals surface area contributed by atoms with Crippen molar-refractivity contribution in [1.82, 2.24) is 14.9 Å². The van der Waals surface area contributed by atoms with E-state index in [0.29, 0.717) is 12.1 Å². The van der Waals surface area contributed by atoms with Crippen molar-refractivity contribution in [3.05, 3.63) is 18.2 Å². The molecule has 86 valence electrons.